The molecule has 1 heteroatoms. The molecular formula is C28H31F. The molecule has 1 aliphatic rings. The van der Waals surface area contributed by atoms with Crippen LogP contribution in [0.5, 0.6) is 0 Å². The second-order valence-corrected chi connectivity index (χ2v) is 8.69. The summed E-state index contributed by atoms with van der Waals surface area (Å²) in [6.45, 7) is 4.34. The van der Waals surface area contributed by atoms with E-state index < -0.39 is 0 Å². The second kappa shape index (κ2) is 8.95. The van der Waals surface area contributed by atoms with Crippen LogP contribution in [0.15, 0.2) is 66.7 Å². The SMILES string of the molecule is CCCC1CCC(c2ccc(-c3ccc(-c4ccc(C)cc4)c(F)c3)cc2)CC1. The third kappa shape index (κ3) is 4.61. The monoisotopic (exact) mass is 386 g/mol. The zero-order valence-corrected chi connectivity index (χ0v) is 17.6. The van der Waals surface area contributed by atoms with E-state index in [1.54, 1.807) is 6.07 Å². The minimum atomic E-state index is -0.162. The highest BCUT2D eigenvalue weighted by atomic mass is 19.1. The first-order valence-corrected chi connectivity index (χ1v) is 11.1. The van der Waals surface area contributed by atoms with Crippen molar-refractivity contribution in [3.8, 4) is 22.3 Å². The van der Waals surface area contributed by atoms with Crippen LogP contribution in [0.25, 0.3) is 22.3 Å². The van der Waals surface area contributed by atoms with Gasteiger partial charge in [0, 0.05) is 5.56 Å². The highest BCUT2D eigenvalue weighted by Crippen LogP contribution is 2.38. The van der Waals surface area contributed by atoms with E-state index in [1.807, 2.05) is 43.3 Å². The number of hydrogen-bond donors (Lipinski definition) is 0. The minimum Gasteiger partial charge on any atom is -0.206 e. The Hall–Kier alpha value is -2.41. The second-order valence-electron chi connectivity index (χ2n) is 8.69. The lowest BCUT2D eigenvalue weighted by molar-refractivity contribution is 0.308. The molecule has 0 aromatic heterocycles. The summed E-state index contributed by atoms with van der Waals surface area (Å²) in [6.07, 6.45) is 8.05. The van der Waals surface area contributed by atoms with Gasteiger partial charge < -0.3 is 0 Å². The third-order valence-corrected chi connectivity index (χ3v) is 6.59. The van der Waals surface area contributed by atoms with E-state index in [9.17, 15) is 4.39 Å². The lowest BCUT2D eigenvalue weighted by atomic mass is 9.77. The average molecular weight is 387 g/mol. The van der Waals surface area contributed by atoms with Crippen molar-refractivity contribution in [2.24, 2.45) is 5.92 Å². The van der Waals surface area contributed by atoms with Gasteiger partial charge in [-0.3, -0.25) is 0 Å². The molecule has 0 amide bonds. The lowest BCUT2D eigenvalue weighted by Gasteiger charge is -2.28. The zero-order valence-electron chi connectivity index (χ0n) is 17.6. The van der Waals surface area contributed by atoms with Crippen molar-refractivity contribution in [1.82, 2.24) is 0 Å². The van der Waals surface area contributed by atoms with Crippen LogP contribution in [0.4, 0.5) is 4.39 Å². The number of aryl methyl sites for hydroxylation is 1. The quantitative estimate of drug-likeness (QED) is 0.412. The van der Waals surface area contributed by atoms with Crippen molar-refractivity contribution >= 4 is 0 Å². The van der Waals surface area contributed by atoms with E-state index in [0.29, 0.717) is 11.5 Å². The molecule has 0 N–H and O–H groups in total. The molecule has 3 aromatic carbocycles. The molecule has 3 aromatic rings. The normalized spacial score (nSPS) is 19.3. The van der Waals surface area contributed by atoms with Crippen LogP contribution in [-0.4, -0.2) is 0 Å². The van der Waals surface area contributed by atoms with E-state index in [0.717, 1.165) is 22.6 Å². The van der Waals surface area contributed by atoms with Crippen molar-refractivity contribution in [2.75, 3.05) is 0 Å². The standard InChI is InChI=1S/C28H31F/c1-3-4-21-7-11-22(12-8-21)23-13-15-24(16-14-23)26-17-18-27(28(29)19-26)25-9-5-20(2)6-10-25/h5-6,9-10,13-19,21-22H,3-4,7-8,11-12H2,1-2H3. The first-order chi connectivity index (χ1) is 14.1. The molecule has 1 aliphatic carbocycles. The molecular weight excluding hydrogens is 355 g/mol. The van der Waals surface area contributed by atoms with E-state index in [2.05, 4.69) is 31.2 Å². The Bertz CT molecular complexity index is 929. The van der Waals surface area contributed by atoms with Gasteiger partial charge in [0.1, 0.15) is 5.82 Å². The lowest BCUT2D eigenvalue weighted by Crippen LogP contribution is -2.13. The molecule has 0 aliphatic heterocycles. The van der Waals surface area contributed by atoms with Crippen molar-refractivity contribution in [1.29, 1.82) is 0 Å². The average Bonchev–Trinajstić information content (AvgIpc) is 2.75. The Labute approximate surface area is 174 Å². The molecule has 0 bridgehead atoms. The van der Waals surface area contributed by atoms with Crippen molar-refractivity contribution in [3.05, 3.63) is 83.7 Å². The molecule has 0 heterocycles. The number of benzene rings is 3. The maximum Gasteiger partial charge on any atom is 0.131 e. The summed E-state index contributed by atoms with van der Waals surface area (Å²) in [5, 5.41) is 0. The van der Waals surface area contributed by atoms with Crippen LogP contribution in [0, 0.1) is 18.7 Å². The van der Waals surface area contributed by atoms with Gasteiger partial charge in [0.15, 0.2) is 0 Å². The van der Waals surface area contributed by atoms with Crippen LogP contribution in [0.3, 0.4) is 0 Å². The van der Waals surface area contributed by atoms with Crippen molar-refractivity contribution < 1.29 is 4.39 Å². The smallest absolute Gasteiger partial charge is 0.131 e. The van der Waals surface area contributed by atoms with Crippen LogP contribution >= 0.6 is 0 Å². The molecule has 0 spiro atoms. The van der Waals surface area contributed by atoms with E-state index in [-0.39, 0.29) is 5.82 Å². The highest BCUT2D eigenvalue weighted by Gasteiger charge is 2.21. The maximum atomic E-state index is 14.8. The largest absolute Gasteiger partial charge is 0.206 e. The zero-order chi connectivity index (χ0) is 20.2. The third-order valence-electron chi connectivity index (χ3n) is 6.59. The summed E-state index contributed by atoms with van der Waals surface area (Å²) in [4.78, 5) is 0. The van der Waals surface area contributed by atoms with Gasteiger partial charge in [-0.15, -0.1) is 0 Å². The van der Waals surface area contributed by atoms with Crippen LogP contribution in [-0.2, 0) is 0 Å². The molecule has 4 rings (SSSR count). The predicted octanol–water partition coefficient (Wildman–Crippen LogP) is 8.54. The number of rotatable bonds is 5. The van der Waals surface area contributed by atoms with E-state index in [4.69, 9.17) is 0 Å². The Morgan fingerprint density at radius 3 is 2.00 bits per heavy atom. The van der Waals surface area contributed by atoms with Gasteiger partial charge in [0.05, 0.1) is 0 Å². The van der Waals surface area contributed by atoms with E-state index in [1.165, 1.54) is 49.7 Å². The van der Waals surface area contributed by atoms with Gasteiger partial charge in [-0.25, -0.2) is 4.39 Å². The summed E-state index contributed by atoms with van der Waals surface area (Å²) in [5.41, 5.74) is 6.24. The molecule has 29 heavy (non-hydrogen) atoms. The van der Waals surface area contributed by atoms with Crippen LogP contribution in [0.1, 0.15) is 62.5 Å². The van der Waals surface area contributed by atoms with Crippen molar-refractivity contribution in [3.63, 3.8) is 0 Å². The van der Waals surface area contributed by atoms with Crippen LogP contribution in [0.2, 0.25) is 0 Å². The molecule has 0 nitrogen and oxygen atoms in total. The summed E-state index contributed by atoms with van der Waals surface area (Å²) in [5.74, 6) is 1.47. The molecule has 0 radical (unpaired) electrons. The fourth-order valence-electron chi connectivity index (χ4n) is 4.80. The van der Waals surface area contributed by atoms with Crippen LogP contribution < -0.4 is 0 Å². The maximum absolute atomic E-state index is 14.8. The minimum absolute atomic E-state index is 0.162. The Morgan fingerprint density at radius 2 is 1.38 bits per heavy atom. The van der Waals surface area contributed by atoms with Gasteiger partial charge in [-0.05, 0) is 72.8 Å². The first kappa shape index (κ1) is 19.9. The summed E-state index contributed by atoms with van der Waals surface area (Å²) >= 11 is 0. The highest BCUT2D eigenvalue weighted by molar-refractivity contribution is 5.71. The summed E-state index contributed by atoms with van der Waals surface area (Å²) < 4.78 is 14.8. The first-order valence-electron chi connectivity index (χ1n) is 11.1. The van der Waals surface area contributed by atoms with Crippen molar-refractivity contribution in [2.45, 2.75) is 58.3 Å². The topological polar surface area (TPSA) is 0 Å². The molecule has 1 saturated carbocycles. The van der Waals surface area contributed by atoms with Gasteiger partial charge in [0.2, 0.25) is 0 Å². The summed E-state index contributed by atoms with van der Waals surface area (Å²) in [6, 6.07) is 22.4. The predicted molar refractivity (Wildman–Crippen MR) is 122 cm³/mol. The Balaban J connectivity index is 1.48. The van der Waals surface area contributed by atoms with Gasteiger partial charge in [-0.1, -0.05) is 86.0 Å². The van der Waals surface area contributed by atoms with Gasteiger partial charge in [-0.2, -0.15) is 0 Å². The number of halogens is 1. The summed E-state index contributed by atoms with van der Waals surface area (Å²) in [7, 11) is 0. The molecule has 1 fully saturated rings. The van der Waals surface area contributed by atoms with Gasteiger partial charge >= 0.3 is 0 Å². The fourth-order valence-corrected chi connectivity index (χ4v) is 4.80. The molecule has 0 unspecified atom stereocenters. The molecule has 0 atom stereocenters. The Morgan fingerprint density at radius 1 is 0.759 bits per heavy atom. The molecule has 0 saturated heterocycles. The Kier molecular flexibility index (Phi) is 6.13. The van der Waals surface area contributed by atoms with E-state index >= 15 is 0 Å². The fraction of sp³-hybridized carbons (Fsp3) is 0.357. The van der Waals surface area contributed by atoms with Gasteiger partial charge in [0.25, 0.3) is 0 Å². The number of hydrogen-bond acceptors (Lipinski definition) is 0. The molecule has 150 valence electrons.